The van der Waals surface area contributed by atoms with E-state index >= 15 is 0 Å². The van der Waals surface area contributed by atoms with Gasteiger partial charge in [-0.1, -0.05) is 35.4 Å². The molecule has 2 aromatic carbocycles. The Bertz CT molecular complexity index is 878. The van der Waals surface area contributed by atoms with E-state index in [0.717, 1.165) is 17.5 Å². The van der Waals surface area contributed by atoms with Crippen molar-refractivity contribution in [2.24, 2.45) is 5.11 Å². The molecule has 0 bridgehead atoms. The molecule has 1 aliphatic heterocycles. The fraction of sp³-hybridized carbons (Fsp3) is 0.333. The van der Waals surface area contributed by atoms with Crippen molar-refractivity contribution in [1.82, 2.24) is 0 Å². The molecule has 4 nitrogen and oxygen atoms in total. The van der Waals surface area contributed by atoms with Gasteiger partial charge in [0.25, 0.3) is 0 Å². The number of azide groups is 1. The van der Waals surface area contributed by atoms with Crippen molar-refractivity contribution in [3.63, 3.8) is 0 Å². The van der Waals surface area contributed by atoms with Crippen LogP contribution in [0.4, 0.5) is 4.39 Å². The number of halogens is 1. The average Bonchev–Trinajstić information content (AvgIpc) is 2.84. The predicted octanol–water partition coefficient (Wildman–Crippen LogP) is 4.39. The van der Waals surface area contributed by atoms with Gasteiger partial charge in [0, 0.05) is 33.4 Å². The highest BCUT2D eigenvalue weighted by atomic mass is 32.2. The molecule has 4 rings (SSSR count). The van der Waals surface area contributed by atoms with E-state index in [1.54, 1.807) is 0 Å². The lowest BCUT2D eigenvalue weighted by molar-refractivity contribution is 0.613. The summed E-state index contributed by atoms with van der Waals surface area (Å²) in [7, 11) is -1.20. The third kappa shape index (κ3) is 2.43. The van der Waals surface area contributed by atoms with Gasteiger partial charge in [0.1, 0.15) is 5.82 Å². The molecule has 122 valence electrons. The molecule has 0 amide bonds. The molecular formula is C18H16FN3OS. The molecule has 1 heterocycles. The number of fused-ring (bicyclic) bond motifs is 5. The Morgan fingerprint density at radius 2 is 2.00 bits per heavy atom. The Kier molecular flexibility index (Phi) is 3.87. The lowest BCUT2D eigenvalue weighted by Gasteiger charge is -2.19. The maximum atomic E-state index is 13.9. The molecule has 1 fully saturated rings. The molecule has 2 aliphatic rings. The van der Waals surface area contributed by atoms with Crippen molar-refractivity contribution < 1.29 is 8.60 Å². The van der Waals surface area contributed by atoms with Crippen LogP contribution in [0.3, 0.4) is 0 Å². The van der Waals surface area contributed by atoms with E-state index in [0.29, 0.717) is 6.42 Å². The second kappa shape index (κ2) is 6.04. The summed E-state index contributed by atoms with van der Waals surface area (Å²) in [5.74, 6) is -0.224. The van der Waals surface area contributed by atoms with Gasteiger partial charge in [-0.2, -0.15) is 0 Å². The van der Waals surface area contributed by atoms with E-state index in [4.69, 9.17) is 5.53 Å². The molecule has 4 atom stereocenters. The maximum absolute atomic E-state index is 13.9. The summed E-state index contributed by atoms with van der Waals surface area (Å²) in [5.41, 5.74) is 12.9. The summed E-state index contributed by atoms with van der Waals surface area (Å²) in [4.78, 5) is 2.80. The molecule has 0 saturated carbocycles. The summed E-state index contributed by atoms with van der Waals surface area (Å²) in [6, 6.07) is 13.0. The van der Waals surface area contributed by atoms with Crippen LogP contribution in [0.15, 0.2) is 47.6 Å². The predicted molar refractivity (Wildman–Crippen MR) is 91.7 cm³/mol. The zero-order valence-corrected chi connectivity index (χ0v) is 13.7. The van der Waals surface area contributed by atoms with Gasteiger partial charge in [-0.25, -0.2) is 4.39 Å². The van der Waals surface area contributed by atoms with Crippen molar-refractivity contribution >= 4 is 10.8 Å². The lowest BCUT2D eigenvalue weighted by atomic mass is 9.87. The molecule has 0 N–H and O–H groups in total. The normalized spacial score (nSPS) is 27.4. The van der Waals surface area contributed by atoms with Crippen LogP contribution in [0.5, 0.6) is 0 Å². The van der Waals surface area contributed by atoms with Gasteiger partial charge in [-0.3, -0.25) is 4.21 Å². The van der Waals surface area contributed by atoms with Crippen LogP contribution in [-0.2, 0) is 17.2 Å². The zero-order valence-electron chi connectivity index (χ0n) is 12.9. The highest BCUT2D eigenvalue weighted by Crippen LogP contribution is 2.51. The Morgan fingerprint density at radius 1 is 1.21 bits per heavy atom. The van der Waals surface area contributed by atoms with E-state index in [1.165, 1.54) is 23.3 Å². The zero-order chi connectivity index (χ0) is 16.7. The number of benzene rings is 2. The van der Waals surface area contributed by atoms with Gasteiger partial charge >= 0.3 is 0 Å². The Hall–Kier alpha value is -2.17. The van der Waals surface area contributed by atoms with Gasteiger partial charge in [0.15, 0.2) is 0 Å². The minimum Gasteiger partial charge on any atom is -0.259 e. The first kappa shape index (κ1) is 15.4. The van der Waals surface area contributed by atoms with Crippen LogP contribution >= 0.6 is 0 Å². The van der Waals surface area contributed by atoms with Crippen molar-refractivity contribution in [3.8, 4) is 0 Å². The molecule has 2 aromatic rings. The van der Waals surface area contributed by atoms with Crippen LogP contribution in [0.2, 0.25) is 0 Å². The Morgan fingerprint density at radius 3 is 2.83 bits per heavy atom. The molecule has 0 radical (unpaired) electrons. The van der Waals surface area contributed by atoms with Crippen molar-refractivity contribution in [2.45, 2.75) is 29.3 Å². The third-order valence-electron chi connectivity index (χ3n) is 5.06. The third-order valence-corrected chi connectivity index (χ3v) is 7.14. The Balaban J connectivity index is 1.88. The molecule has 1 saturated heterocycles. The van der Waals surface area contributed by atoms with Gasteiger partial charge in [0.2, 0.25) is 0 Å². The smallest absolute Gasteiger partial charge is 0.123 e. The summed E-state index contributed by atoms with van der Waals surface area (Å²) < 4.78 is 27.0. The van der Waals surface area contributed by atoms with E-state index in [-0.39, 0.29) is 28.8 Å². The largest absolute Gasteiger partial charge is 0.259 e. The number of rotatable bonds is 2. The van der Waals surface area contributed by atoms with E-state index in [9.17, 15) is 8.60 Å². The Labute approximate surface area is 141 Å². The van der Waals surface area contributed by atoms with E-state index in [1.807, 2.05) is 18.2 Å². The number of nitrogens with zero attached hydrogens (tertiary/aromatic N) is 3. The van der Waals surface area contributed by atoms with Gasteiger partial charge in [-0.15, -0.1) is 0 Å². The standard InChI is InChI=1S/C18H16FN3OS/c19-13-6-5-12-7-11-3-1-2-4-15(11)17-9-14(10-21-22-20)24(23)18(17)16(12)8-13/h1-6,8,14,17-18H,7,9-10H2/t14-,17+,18+,24?/m0/s1. The molecule has 0 spiro atoms. The summed E-state index contributed by atoms with van der Waals surface area (Å²) in [6.07, 6.45) is 1.43. The summed E-state index contributed by atoms with van der Waals surface area (Å²) >= 11 is 0. The minimum absolute atomic E-state index is 0.0731. The number of hydrogen-bond acceptors (Lipinski definition) is 2. The first-order chi connectivity index (χ1) is 11.7. The first-order valence-corrected chi connectivity index (χ1v) is 9.23. The van der Waals surface area contributed by atoms with Gasteiger partial charge in [0.05, 0.1) is 5.25 Å². The first-order valence-electron chi connectivity index (χ1n) is 7.95. The quantitative estimate of drug-likeness (QED) is 0.454. The number of hydrogen-bond donors (Lipinski definition) is 0. The monoisotopic (exact) mass is 341 g/mol. The van der Waals surface area contributed by atoms with Crippen molar-refractivity contribution in [3.05, 3.63) is 81.0 Å². The molecule has 6 heteroatoms. The van der Waals surface area contributed by atoms with Crippen molar-refractivity contribution in [1.29, 1.82) is 0 Å². The fourth-order valence-corrected chi connectivity index (χ4v) is 6.11. The average molecular weight is 341 g/mol. The lowest BCUT2D eigenvalue weighted by Crippen LogP contribution is -2.15. The second-order valence-electron chi connectivity index (χ2n) is 6.35. The van der Waals surface area contributed by atoms with Crippen molar-refractivity contribution in [2.75, 3.05) is 6.54 Å². The molecule has 24 heavy (non-hydrogen) atoms. The van der Waals surface area contributed by atoms with Crippen LogP contribution in [0.25, 0.3) is 10.4 Å². The molecule has 1 aliphatic carbocycles. The van der Waals surface area contributed by atoms with Crippen LogP contribution < -0.4 is 0 Å². The van der Waals surface area contributed by atoms with E-state index in [2.05, 4.69) is 22.2 Å². The molecule has 1 unspecified atom stereocenters. The second-order valence-corrected chi connectivity index (χ2v) is 8.18. The minimum atomic E-state index is -1.20. The van der Waals surface area contributed by atoms with Gasteiger partial charge < -0.3 is 0 Å². The van der Waals surface area contributed by atoms with Gasteiger partial charge in [-0.05, 0) is 52.8 Å². The van der Waals surface area contributed by atoms with Crippen LogP contribution in [0.1, 0.15) is 39.8 Å². The van der Waals surface area contributed by atoms with Crippen LogP contribution in [-0.4, -0.2) is 16.0 Å². The highest BCUT2D eigenvalue weighted by Gasteiger charge is 2.45. The SMILES string of the molecule is [N-]=[N+]=NC[C@@H]1C[C@@H]2c3ccccc3Cc3ccc(F)cc3[C@H]2S1=O. The van der Waals surface area contributed by atoms with E-state index < -0.39 is 10.8 Å². The molecular weight excluding hydrogens is 325 g/mol. The topological polar surface area (TPSA) is 65.8 Å². The molecule has 0 aromatic heterocycles. The highest BCUT2D eigenvalue weighted by molar-refractivity contribution is 7.86. The summed E-state index contributed by atoms with van der Waals surface area (Å²) in [5, 5.41) is 3.21. The maximum Gasteiger partial charge on any atom is 0.123 e. The van der Waals surface area contributed by atoms with Crippen LogP contribution in [0, 0.1) is 5.82 Å². The fourth-order valence-electron chi connectivity index (χ4n) is 4.03. The summed E-state index contributed by atoms with van der Waals surface area (Å²) in [6.45, 7) is 0.225.